The molecule has 2 unspecified atom stereocenters. The van der Waals surface area contributed by atoms with E-state index in [9.17, 15) is 9.90 Å². The first-order valence-electron chi connectivity index (χ1n) is 12.8. The summed E-state index contributed by atoms with van der Waals surface area (Å²) in [5.74, 6) is -0.382. The molecule has 0 aromatic heterocycles. The van der Waals surface area contributed by atoms with E-state index in [2.05, 4.69) is 11.9 Å². The third-order valence-corrected chi connectivity index (χ3v) is 6.83. The second-order valence-corrected chi connectivity index (χ2v) is 9.60. The molecule has 0 aliphatic rings. The molecule has 39 heavy (non-hydrogen) atoms. The zero-order chi connectivity index (χ0) is 26.9. The molecule has 6 heteroatoms. The van der Waals surface area contributed by atoms with Crippen LogP contribution in [0.3, 0.4) is 0 Å². The third kappa shape index (κ3) is 8.62. The first-order valence-corrected chi connectivity index (χ1v) is 12.8. The summed E-state index contributed by atoms with van der Waals surface area (Å²) < 4.78 is 0. The van der Waals surface area contributed by atoms with E-state index >= 15 is 0 Å². The van der Waals surface area contributed by atoms with Gasteiger partial charge in [0.15, 0.2) is 0 Å². The molecular formula is C33H34AcN3O2-. The van der Waals surface area contributed by atoms with Crippen LogP contribution in [0.2, 0.25) is 0 Å². The van der Waals surface area contributed by atoms with Crippen molar-refractivity contribution in [2.45, 2.75) is 25.4 Å². The fourth-order valence-electron chi connectivity index (χ4n) is 4.67. The van der Waals surface area contributed by atoms with Crippen molar-refractivity contribution in [2.24, 2.45) is 11.7 Å². The molecule has 197 valence electrons. The molecule has 4 rings (SSSR count). The maximum atomic E-state index is 13.4. The van der Waals surface area contributed by atoms with Gasteiger partial charge in [0.25, 0.3) is 5.91 Å². The van der Waals surface area contributed by atoms with Gasteiger partial charge >= 0.3 is 0 Å². The largest absolute Gasteiger partial charge is 0.674 e. The summed E-state index contributed by atoms with van der Waals surface area (Å²) in [6, 6.07) is 32.9. The number of benzene rings is 4. The van der Waals surface area contributed by atoms with E-state index in [1.54, 1.807) is 0 Å². The molecule has 0 saturated heterocycles. The molecule has 5 N–H and O–H groups in total. The van der Waals surface area contributed by atoms with Gasteiger partial charge in [0.05, 0.1) is 0 Å². The number of carbonyl (C=O) groups excluding carboxylic acids is 1. The molecule has 5 nitrogen and oxygen atoms in total. The monoisotopic (exact) mass is 731 g/mol. The van der Waals surface area contributed by atoms with Gasteiger partial charge in [-0.2, -0.15) is 0 Å². The van der Waals surface area contributed by atoms with Gasteiger partial charge in [-0.3, -0.25) is 4.79 Å². The Hall–Kier alpha value is -2.75. The van der Waals surface area contributed by atoms with Gasteiger partial charge in [-0.15, -0.1) is 6.54 Å². The maximum absolute atomic E-state index is 13.4. The molecule has 1 amide bonds. The summed E-state index contributed by atoms with van der Waals surface area (Å²) in [5, 5.41) is 13.6. The summed E-state index contributed by atoms with van der Waals surface area (Å²) in [7, 11) is 0. The number of hydrogen-bond donors (Lipinski definition) is 3. The first-order chi connectivity index (χ1) is 18.5. The van der Waals surface area contributed by atoms with Crippen LogP contribution in [0, 0.1) is 50.0 Å². The Balaban J connectivity index is 0.00000420. The van der Waals surface area contributed by atoms with Gasteiger partial charge in [-0.1, -0.05) is 97.1 Å². The summed E-state index contributed by atoms with van der Waals surface area (Å²) in [5.41, 5.74) is 20.5. The summed E-state index contributed by atoms with van der Waals surface area (Å²) >= 11 is 0. The fourth-order valence-corrected chi connectivity index (χ4v) is 4.67. The van der Waals surface area contributed by atoms with Crippen LogP contribution in [-0.4, -0.2) is 23.7 Å². The standard InChI is InChI=1S/C33H34N3O2.Ac/c1-23(35)29-11-5-9-25(17-29)18-31(22-37)32(20-24-7-3-2-4-8-24)36-33(38)28-15-13-27(14-16-28)30-12-6-10-26(19-30)21-34;/h2-17,19,31-32,34,37H,1,18,20-22,35H2,(H,36,38);/q-1;. The van der Waals surface area contributed by atoms with Gasteiger partial charge in [0, 0.05) is 73.9 Å². The van der Waals surface area contributed by atoms with Gasteiger partial charge in [0.1, 0.15) is 0 Å². The number of carbonyl (C=O) groups is 1. The first kappa shape index (κ1) is 30.8. The minimum Gasteiger partial charge on any atom is -0.674 e. The number of amides is 1. The molecule has 0 aliphatic carbocycles. The minimum absolute atomic E-state index is 0. The topological polar surface area (TPSA) is 99.1 Å². The van der Waals surface area contributed by atoms with Crippen molar-refractivity contribution in [2.75, 3.05) is 6.61 Å². The van der Waals surface area contributed by atoms with Crippen molar-refractivity contribution >= 4 is 11.6 Å². The quantitative estimate of drug-likeness (QED) is 0.176. The van der Waals surface area contributed by atoms with Crippen molar-refractivity contribution in [3.8, 4) is 11.1 Å². The molecule has 2 atom stereocenters. The molecule has 0 aliphatic heterocycles. The Labute approximate surface area is 266 Å². The Kier molecular flexibility index (Phi) is 12.0. The van der Waals surface area contributed by atoms with E-state index in [1.165, 1.54) is 0 Å². The molecule has 0 bridgehead atoms. The summed E-state index contributed by atoms with van der Waals surface area (Å²) in [4.78, 5) is 13.4. The van der Waals surface area contributed by atoms with Crippen LogP contribution in [-0.2, 0) is 19.4 Å². The third-order valence-electron chi connectivity index (χ3n) is 6.83. The zero-order valence-corrected chi connectivity index (χ0v) is 26.8. The second-order valence-electron chi connectivity index (χ2n) is 9.60. The van der Waals surface area contributed by atoms with Crippen molar-refractivity contribution < 1.29 is 54.0 Å². The smallest absolute Gasteiger partial charge is 0.251 e. The van der Waals surface area contributed by atoms with Gasteiger partial charge in [-0.05, 0) is 58.9 Å². The van der Waals surface area contributed by atoms with Crippen LogP contribution < -0.4 is 11.1 Å². The van der Waals surface area contributed by atoms with Crippen LogP contribution >= 0.6 is 0 Å². The SMILES string of the molecule is C=C(N)c1cccc(CC(CO)C(Cc2ccccc2)NC(=O)c2ccc(-c3cccc(C[NH-])c3)cc2)c1.[Ac]. The number of aliphatic hydroxyl groups is 1. The van der Waals surface area contributed by atoms with E-state index in [0.29, 0.717) is 24.1 Å². The van der Waals surface area contributed by atoms with Gasteiger partial charge in [0.2, 0.25) is 0 Å². The van der Waals surface area contributed by atoms with Crippen molar-refractivity contribution in [3.05, 3.63) is 143 Å². The average molecular weight is 732 g/mol. The van der Waals surface area contributed by atoms with E-state index in [-0.39, 0.29) is 75.1 Å². The number of rotatable bonds is 11. The number of nitrogens with two attached hydrogens (primary N) is 1. The summed E-state index contributed by atoms with van der Waals surface area (Å²) in [6.07, 6.45) is 1.18. The van der Waals surface area contributed by atoms with Crippen LogP contribution in [0.15, 0.2) is 110 Å². The van der Waals surface area contributed by atoms with Gasteiger partial charge in [-0.25, -0.2) is 0 Å². The Morgan fingerprint density at radius 1 is 0.795 bits per heavy atom. The number of nitrogens with one attached hydrogen (secondary N) is 2. The Morgan fingerprint density at radius 3 is 2.13 bits per heavy atom. The molecule has 4 aromatic carbocycles. The van der Waals surface area contributed by atoms with Crippen molar-refractivity contribution in [1.82, 2.24) is 5.32 Å². The van der Waals surface area contributed by atoms with Crippen LogP contribution in [0.1, 0.15) is 32.6 Å². The maximum Gasteiger partial charge on any atom is 0.251 e. The Morgan fingerprint density at radius 2 is 1.46 bits per heavy atom. The van der Waals surface area contributed by atoms with E-state index in [0.717, 1.165) is 33.4 Å². The van der Waals surface area contributed by atoms with Gasteiger partial charge < -0.3 is 21.9 Å². The molecule has 0 fully saturated rings. The van der Waals surface area contributed by atoms with Crippen LogP contribution in [0.25, 0.3) is 22.6 Å². The fraction of sp³-hybridized carbons (Fsp3) is 0.182. The van der Waals surface area contributed by atoms with E-state index in [4.69, 9.17) is 11.5 Å². The molecule has 0 saturated carbocycles. The molecule has 1 radical (unpaired) electrons. The Bertz CT molecular complexity index is 1370. The molecular weight excluding hydrogens is 697 g/mol. The zero-order valence-electron chi connectivity index (χ0n) is 22.0. The van der Waals surface area contributed by atoms with E-state index in [1.807, 2.05) is 103 Å². The predicted molar refractivity (Wildman–Crippen MR) is 155 cm³/mol. The average Bonchev–Trinajstić information content (AvgIpc) is 2.96. The number of hydrogen-bond acceptors (Lipinski definition) is 3. The van der Waals surface area contributed by atoms with Crippen LogP contribution in [0.5, 0.6) is 0 Å². The van der Waals surface area contributed by atoms with Crippen molar-refractivity contribution in [3.63, 3.8) is 0 Å². The molecule has 4 aromatic rings. The van der Waals surface area contributed by atoms with Crippen LogP contribution in [0.4, 0.5) is 0 Å². The molecule has 0 spiro atoms. The number of aliphatic hydroxyl groups excluding tert-OH is 1. The summed E-state index contributed by atoms with van der Waals surface area (Å²) in [6.45, 7) is 3.98. The normalized spacial score (nSPS) is 12.2. The molecule has 0 heterocycles. The van der Waals surface area contributed by atoms with Crippen molar-refractivity contribution in [1.29, 1.82) is 0 Å². The van der Waals surface area contributed by atoms with E-state index < -0.39 is 0 Å². The second kappa shape index (κ2) is 15.1. The predicted octanol–water partition coefficient (Wildman–Crippen LogP) is 6.03. The minimum atomic E-state index is -0.284.